The Morgan fingerprint density at radius 1 is 1.10 bits per heavy atom. The molecule has 4 heteroatoms. The van der Waals surface area contributed by atoms with Gasteiger partial charge in [-0.1, -0.05) is 18.2 Å². The van der Waals surface area contributed by atoms with Crippen LogP contribution >= 0.6 is 0 Å². The van der Waals surface area contributed by atoms with Gasteiger partial charge in [-0.25, -0.2) is 0 Å². The minimum Gasteiger partial charge on any atom is -0.497 e. The van der Waals surface area contributed by atoms with Crippen molar-refractivity contribution in [3.8, 4) is 11.5 Å². The molecule has 0 heterocycles. The Bertz CT molecular complexity index is 579. The summed E-state index contributed by atoms with van der Waals surface area (Å²) in [6.07, 6.45) is 0. The van der Waals surface area contributed by atoms with E-state index in [1.165, 1.54) is 0 Å². The summed E-state index contributed by atoms with van der Waals surface area (Å²) in [5.74, 6) is 1.27. The molecule has 0 spiro atoms. The highest BCUT2D eigenvalue weighted by Gasteiger charge is 2.05. The Kier molecular flexibility index (Phi) is 4.60. The number of carbonyl (C=O) groups excluding carboxylic acids is 1. The van der Waals surface area contributed by atoms with Gasteiger partial charge in [-0.3, -0.25) is 4.79 Å². The summed E-state index contributed by atoms with van der Waals surface area (Å²) >= 11 is 0. The molecular weight excluding hydrogens is 254 g/mol. The van der Waals surface area contributed by atoms with Gasteiger partial charge < -0.3 is 14.8 Å². The lowest BCUT2D eigenvalue weighted by atomic mass is 10.2. The topological polar surface area (TPSA) is 47.6 Å². The van der Waals surface area contributed by atoms with Crippen LogP contribution in [0.5, 0.6) is 11.5 Å². The van der Waals surface area contributed by atoms with Crippen LogP contribution in [0.25, 0.3) is 0 Å². The van der Waals surface area contributed by atoms with Crippen molar-refractivity contribution >= 4 is 11.6 Å². The third-order valence-corrected chi connectivity index (χ3v) is 2.83. The van der Waals surface area contributed by atoms with Crippen molar-refractivity contribution in [2.45, 2.75) is 6.92 Å². The number of benzene rings is 2. The molecule has 0 fully saturated rings. The van der Waals surface area contributed by atoms with E-state index in [4.69, 9.17) is 9.47 Å². The summed E-state index contributed by atoms with van der Waals surface area (Å²) in [4.78, 5) is 11.8. The number of hydrogen-bond donors (Lipinski definition) is 1. The first-order chi connectivity index (χ1) is 9.69. The molecule has 20 heavy (non-hydrogen) atoms. The highest BCUT2D eigenvalue weighted by Crippen LogP contribution is 2.17. The molecular formula is C16H17NO3. The van der Waals surface area contributed by atoms with Gasteiger partial charge in [0.15, 0.2) is 6.61 Å². The number of methoxy groups -OCH3 is 1. The number of carbonyl (C=O) groups is 1. The van der Waals surface area contributed by atoms with Crippen molar-refractivity contribution in [3.63, 3.8) is 0 Å². The molecule has 1 N–H and O–H groups in total. The second-order valence-electron chi connectivity index (χ2n) is 4.33. The fourth-order valence-electron chi connectivity index (χ4n) is 1.73. The molecule has 0 radical (unpaired) electrons. The van der Waals surface area contributed by atoms with Crippen LogP contribution in [-0.4, -0.2) is 19.6 Å². The summed E-state index contributed by atoms with van der Waals surface area (Å²) in [6.45, 7) is 1.92. The summed E-state index contributed by atoms with van der Waals surface area (Å²) < 4.78 is 10.5. The number of para-hydroxylation sites is 1. The first-order valence-electron chi connectivity index (χ1n) is 6.31. The van der Waals surface area contributed by atoms with Crippen LogP contribution in [0.3, 0.4) is 0 Å². The van der Waals surface area contributed by atoms with Crippen molar-refractivity contribution in [1.29, 1.82) is 0 Å². The molecule has 0 atom stereocenters. The van der Waals surface area contributed by atoms with Gasteiger partial charge in [0.2, 0.25) is 0 Å². The average molecular weight is 271 g/mol. The van der Waals surface area contributed by atoms with E-state index in [1.54, 1.807) is 31.4 Å². The average Bonchev–Trinajstić information content (AvgIpc) is 2.47. The van der Waals surface area contributed by atoms with E-state index in [9.17, 15) is 4.79 Å². The van der Waals surface area contributed by atoms with Crippen molar-refractivity contribution in [3.05, 3.63) is 54.1 Å². The molecule has 0 aliphatic heterocycles. The number of anilines is 1. The first kappa shape index (κ1) is 13.9. The molecule has 0 unspecified atom stereocenters. The number of aryl methyl sites for hydroxylation is 1. The number of hydrogen-bond acceptors (Lipinski definition) is 3. The molecule has 2 aromatic carbocycles. The molecule has 2 aromatic rings. The largest absolute Gasteiger partial charge is 0.497 e. The standard InChI is InChI=1S/C16H17NO3/c1-12-5-3-4-6-15(12)20-11-16(18)17-13-7-9-14(19-2)10-8-13/h3-10H,11H2,1-2H3,(H,17,18). The normalized spacial score (nSPS) is 9.90. The Morgan fingerprint density at radius 3 is 2.45 bits per heavy atom. The van der Waals surface area contributed by atoms with Gasteiger partial charge in [-0.2, -0.15) is 0 Å². The number of amides is 1. The minimum atomic E-state index is -0.196. The predicted molar refractivity (Wildman–Crippen MR) is 78.3 cm³/mol. The molecule has 4 nitrogen and oxygen atoms in total. The molecule has 1 amide bonds. The highest BCUT2D eigenvalue weighted by atomic mass is 16.5. The van der Waals surface area contributed by atoms with Gasteiger partial charge in [0.05, 0.1) is 7.11 Å². The molecule has 0 aliphatic carbocycles. The van der Waals surface area contributed by atoms with Gasteiger partial charge in [0.1, 0.15) is 11.5 Å². The SMILES string of the molecule is COc1ccc(NC(=O)COc2ccccc2C)cc1. The maximum Gasteiger partial charge on any atom is 0.262 e. The lowest BCUT2D eigenvalue weighted by molar-refractivity contribution is -0.118. The summed E-state index contributed by atoms with van der Waals surface area (Å²) in [6, 6.07) is 14.7. The third kappa shape index (κ3) is 3.75. The minimum absolute atomic E-state index is 0.0170. The van der Waals surface area contributed by atoms with Crippen LogP contribution in [0.4, 0.5) is 5.69 Å². The van der Waals surface area contributed by atoms with Gasteiger partial charge in [0.25, 0.3) is 5.91 Å². The lowest BCUT2D eigenvalue weighted by Gasteiger charge is -2.09. The summed E-state index contributed by atoms with van der Waals surface area (Å²) in [7, 11) is 1.60. The van der Waals surface area contributed by atoms with Crippen molar-refractivity contribution in [2.75, 3.05) is 19.0 Å². The van der Waals surface area contributed by atoms with Crippen molar-refractivity contribution in [2.24, 2.45) is 0 Å². The van der Waals surface area contributed by atoms with E-state index in [1.807, 2.05) is 31.2 Å². The molecule has 2 rings (SSSR count). The van der Waals surface area contributed by atoms with E-state index < -0.39 is 0 Å². The maximum absolute atomic E-state index is 11.8. The monoisotopic (exact) mass is 271 g/mol. The second-order valence-corrected chi connectivity index (χ2v) is 4.33. The Labute approximate surface area is 118 Å². The van der Waals surface area contributed by atoms with Crippen LogP contribution in [0.1, 0.15) is 5.56 Å². The second kappa shape index (κ2) is 6.61. The fourth-order valence-corrected chi connectivity index (χ4v) is 1.73. The van der Waals surface area contributed by atoms with Crippen LogP contribution in [-0.2, 0) is 4.79 Å². The molecule has 0 aliphatic rings. The van der Waals surface area contributed by atoms with E-state index in [2.05, 4.69) is 5.32 Å². The molecule has 0 aromatic heterocycles. The Balaban J connectivity index is 1.87. The van der Waals surface area contributed by atoms with Gasteiger partial charge >= 0.3 is 0 Å². The Morgan fingerprint density at radius 2 is 1.80 bits per heavy atom. The quantitative estimate of drug-likeness (QED) is 0.909. The number of rotatable bonds is 5. The van der Waals surface area contributed by atoms with E-state index >= 15 is 0 Å². The van der Waals surface area contributed by atoms with Crippen LogP contribution in [0.15, 0.2) is 48.5 Å². The molecule has 0 saturated heterocycles. The first-order valence-corrected chi connectivity index (χ1v) is 6.31. The van der Waals surface area contributed by atoms with Gasteiger partial charge in [-0.15, -0.1) is 0 Å². The maximum atomic E-state index is 11.8. The zero-order valence-electron chi connectivity index (χ0n) is 11.6. The smallest absolute Gasteiger partial charge is 0.262 e. The fraction of sp³-hybridized carbons (Fsp3) is 0.188. The number of ether oxygens (including phenoxy) is 2. The van der Waals surface area contributed by atoms with Gasteiger partial charge in [0, 0.05) is 5.69 Å². The summed E-state index contributed by atoms with van der Waals surface area (Å²) in [5, 5.41) is 2.76. The zero-order valence-corrected chi connectivity index (χ0v) is 11.6. The van der Waals surface area contributed by atoms with Gasteiger partial charge in [-0.05, 0) is 42.8 Å². The van der Waals surface area contributed by atoms with Crippen LogP contribution < -0.4 is 14.8 Å². The van der Waals surface area contributed by atoms with Crippen LogP contribution in [0, 0.1) is 6.92 Å². The van der Waals surface area contributed by atoms with E-state index in [0.29, 0.717) is 5.69 Å². The van der Waals surface area contributed by atoms with Crippen LogP contribution in [0.2, 0.25) is 0 Å². The molecule has 0 saturated carbocycles. The van der Waals surface area contributed by atoms with Crippen molar-refractivity contribution in [1.82, 2.24) is 0 Å². The van der Waals surface area contributed by atoms with Crippen molar-refractivity contribution < 1.29 is 14.3 Å². The summed E-state index contributed by atoms with van der Waals surface area (Å²) in [5.41, 5.74) is 1.72. The molecule has 0 bridgehead atoms. The number of nitrogens with one attached hydrogen (secondary N) is 1. The zero-order chi connectivity index (χ0) is 14.4. The van der Waals surface area contributed by atoms with E-state index in [-0.39, 0.29) is 12.5 Å². The predicted octanol–water partition coefficient (Wildman–Crippen LogP) is 3.02. The van der Waals surface area contributed by atoms with E-state index in [0.717, 1.165) is 17.1 Å². The third-order valence-electron chi connectivity index (χ3n) is 2.83. The molecule has 104 valence electrons. The Hall–Kier alpha value is -2.49. The lowest BCUT2D eigenvalue weighted by Crippen LogP contribution is -2.20. The highest BCUT2D eigenvalue weighted by molar-refractivity contribution is 5.91.